The Bertz CT molecular complexity index is 427. The lowest BCUT2D eigenvalue weighted by atomic mass is 10.2. The summed E-state index contributed by atoms with van der Waals surface area (Å²) in [4.78, 5) is 16.3. The summed E-state index contributed by atoms with van der Waals surface area (Å²) in [7, 11) is 0. The second-order valence-corrected chi connectivity index (χ2v) is 5.22. The highest BCUT2D eigenvalue weighted by atomic mass is 79.9. The Morgan fingerprint density at radius 1 is 1.40 bits per heavy atom. The van der Waals surface area contributed by atoms with Crippen molar-refractivity contribution in [3.05, 3.63) is 22.3 Å². The molecule has 20 heavy (non-hydrogen) atoms. The van der Waals surface area contributed by atoms with Crippen molar-refractivity contribution in [2.45, 2.75) is 26.7 Å². The minimum Gasteiger partial charge on any atom is -0.380 e. The van der Waals surface area contributed by atoms with E-state index in [9.17, 15) is 4.79 Å². The Labute approximate surface area is 128 Å². The molecule has 0 aliphatic carbocycles. The van der Waals surface area contributed by atoms with Gasteiger partial charge in [-0.05, 0) is 35.3 Å². The van der Waals surface area contributed by atoms with Crippen molar-refractivity contribution in [1.82, 2.24) is 10.3 Å². The summed E-state index contributed by atoms with van der Waals surface area (Å²) < 4.78 is 6.19. The van der Waals surface area contributed by atoms with E-state index in [-0.39, 0.29) is 5.91 Å². The number of aromatic nitrogens is 1. The number of nitrogens with one attached hydrogen (secondary N) is 2. The average molecular weight is 344 g/mol. The largest absolute Gasteiger partial charge is 0.380 e. The molecule has 0 spiro atoms. The molecule has 0 atom stereocenters. The van der Waals surface area contributed by atoms with Gasteiger partial charge in [0.05, 0.1) is 12.2 Å². The predicted octanol–water partition coefficient (Wildman–Crippen LogP) is 2.82. The number of rotatable bonds is 9. The molecular formula is C14H22BrN3O2. The SMILES string of the molecule is CCCCOCCNC(=O)c1cc(Br)cnc1NCC. The monoisotopic (exact) mass is 343 g/mol. The van der Waals surface area contributed by atoms with E-state index in [0.29, 0.717) is 24.5 Å². The van der Waals surface area contributed by atoms with Gasteiger partial charge < -0.3 is 15.4 Å². The molecule has 1 aromatic rings. The van der Waals surface area contributed by atoms with Gasteiger partial charge in [-0.15, -0.1) is 0 Å². The first kappa shape index (κ1) is 16.9. The Morgan fingerprint density at radius 2 is 2.20 bits per heavy atom. The van der Waals surface area contributed by atoms with Gasteiger partial charge in [-0.2, -0.15) is 0 Å². The van der Waals surface area contributed by atoms with Gasteiger partial charge in [0.1, 0.15) is 5.82 Å². The van der Waals surface area contributed by atoms with Gasteiger partial charge >= 0.3 is 0 Å². The number of hydrogen-bond acceptors (Lipinski definition) is 4. The highest BCUT2D eigenvalue weighted by molar-refractivity contribution is 9.10. The fraction of sp³-hybridized carbons (Fsp3) is 0.571. The summed E-state index contributed by atoms with van der Waals surface area (Å²) in [6.45, 7) is 6.58. The quantitative estimate of drug-likeness (QED) is 0.676. The summed E-state index contributed by atoms with van der Waals surface area (Å²) in [6, 6.07) is 1.76. The van der Waals surface area contributed by atoms with E-state index in [4.69, 9.17) is 4.74 Å². The summed E-state index contributed by atoms with van der Waals surface area (Å²) in [5, 5.41) is 5.92. The normalized spacial score (nSPS) is 10.3. The van der Waals surface area contributed by atoms with Crippen molar-refractivity contribution < 1.29 is 9.53 Å². The minimum atomic E-state index is -0.145. The molecule has 0 bridgehead atoms. The second-order valence-electron chi connectivity index (χ2n) is 4.30. The van der Waals surface area contributed by atoms with E-state index in [1.807, 2.05) is 6.92 Å². The van der Waals surface area contributed by atoms with Crippen molar-refractivity contribution in [3.8, 4) is 0 Å². The molecule has 0 unspecified atom stereocenters. The fourth-order valence-electron chi connectivity index (χ4n) is 1.60. The van der Waals surface area contributed by atoms with Crippen LogP contribution < -0.4 is 10.6 Å². The second kappa shape index (κ2) is 9.72. The number of hydrogen-bond donors (Lipinski definition) is 2. The lowest BCUT2D eigenvalue weighted by Crippen LogP contribution is -2.28. The van der Waals surface area contributed by atoms with Crippen molar-refractivity contribution in [2.75, 3.05) is 31.6 Å². The summed E-state index contributed by atoms with van der Waals surface area (Å²) in [5.74, 6) is 0.453. The number of carbonyl (C=O) groups excluding carboxylic acids is 1. The maximum absolute atomic E-state index is 12.1. The molecule has 1 heterocycles. The van der Waals surface area contributed by atoms with Crippen molar-refractivity contribution in [3.63, 3.8) is 0 Å². The first-order valence-electron chi connectivity index (χ1n) is 6.94. The molecule has 0 aliphatic heterocycles. The molecule has 0 saturated carbocycles. The number of unbranched alkanes of at least 4 members (excludes halogenated alkanes) is 1. The standard InChI is InChI=1S/C14H22BrN3O2/c1-3-5-7-20-8-6-17-14(19)12-9-11(15)10-18-13(12)16-4-2/h9-10H,3-8H2,1-2H3,(H,16,18)(H,17,19). The molecular weight excluding hydrogens is 322 g/mol. The highest BCUT2D eigenvalue weighted by Gasteiger charge is 2.12. The molecule has 0 saturated heterocycles. The molecule has 0 aromatic carbocycles. The Morgan fingerprint density at radius 3 is 2.90 bits per heavy atom. The smallest absolute Gasteiger partial charge is 0.255 e. The van der Waals surface area contributed by atoms with Crippen LogP contribution in [0.4, 0.5) is 5.82 Å². The third-order valence-corrected chi connectivity index (χ3v) is 3.05. The molecule has 6 heteroatoms. The fourth-order valence-corrected chi connectivity index (χ4v) is 1.93. The summed E-state index contributed by atoms with van der Waals surface area (Å²) in [6.07, 6.45) is 3.83. The van der Waals surface area contributed by atoms with Gasteiger partial charge in [-0.1, -0.05) is 13.3 Å². The maximum atomic E-state index is 12.1. The molecule has 0 radical (unpaired) electrons. The van der Waals surface area contributed by atoms with Crippen molar-refractivity contribution in [1.29, 1.82) is 0 Å². The van der Waals surface area contributed by atoms with Crippen LogP contribution in [0.25, 0.3) is 0 Å². The Hall–Kier alpha value is -1.14. The highest BCUT2D eigenvalue weighted by Crippen LogP contribution is 2.17. The zero-order valence-corrected chi connectivity index (χ0v) is 13.6. The number of pyridine rings is 1. The Kier molecular flexibility index (Phi) is 8.22. The van der Waals surface area contributed by atoms with Crippen LogP contribution in [0.1, 0.15) is 37.0 Å². The summed E-state index contributed by atoms with van der Waals surface area (Å²) in [5.41, 5.74) is 0.537. The predicted molar refractivity (Wildman–Crippen MR) is 84.2 cm³/mol. The minimum absolute atomic E-state index is 0.145. The molecule has 1 aromatic heterocycles. The molecule has 0 fully saturated rings. The van der Waals surface area contributed by atoms with Gasteiger partial charge in [-0.25, -0.2) is 4.98 Å². The molecule has 5 nitrogen and oxygen atoms in total. The van der Waals surface area contributed by atoms with Crippen LogP contribution >= 0.6 is 15.9 Å². The lowest BCUT2D eigenvalue weighted by Gasteiger charge is -2.11. The zero-order valence-electron chi connectivity index (χ0n) is 12.0. The van der Waals surface area contributed by atoms with Crippen LogP contribution in [0.2, 0.25) is 0 Å². The first-order valence-corrected chi connectivity index (χ1v) is 7.73. The van der Waals surface area contributed by atoms with Crippen LogP contribution in [0.15, 0.2) is 16.7 Å². The van der Waals surface area contributed by atoms with E-state index in [1.165, 1.54) is 0 Å². The third-order valence-electron chi connectivity index (χ3n) is 2.62. The van der Waals surface area contributed by atoms with Crippen LogP contribution in [0.3, 0.4) is 0 Å². The van der Waals surface area contributed by atoms with Gasteiger partial charge in [0, 0.05) is 30.4 Å². The molecule has 0 aliphatic rings. The summed E-state index contributed by atoms with van der Waals surface area (Å²) >= 11 is 3.33. The number of amides is 1. The number of carbonyl (C=O) groups is 1. The number of ether oxygens (including phenoxy) is 1. The van der Waals surface area contributed by atoms with Crippen LogP contribution in [-0.2, 0) is 4.74 Å². The number of anilines is 1. The number of nitrogens with zero attached hydrogens (tertiary/aromatic N) is 1. The van der Waals surface area contributed by atoms with Gasteiger partial charge in [0.25, 0.3) is 5.91 Å². The van der Waals surface area contributed by atoms with Crippen molar-refractivity contribution in [2.24, 2.45) is 0 Å². The van der Waals surface area contributed by atoms with Gasteiger partial charge in [0.15, 0.2) is 0 Å². The first-order chi connectivity index (χ1) is 9.69. The van der Waals surface area contributed by atoms with Gasteiger partial charge in [0.2, 0.25) is 0 Å². The van der Waals surface area contributed by atoms with Crippen LogP contribution in [0, 0.1) is 0 Å². The average Bonchev–Trinajstić information content (AvgIpc) is 2.44. The van der Waals surface area contributed by atoms with E-state index < -0.39 is 0 Å². The zero-order chi connectivity index (χ0) is 14.8. The van der Waals surface area contributed by atoms with E-state index >= 15 is 0 Å². The molecule has 112 valence electrons. The lowest BCUT2D eigenvalue weighted by molar-refractivity contribution is 0.0913. The van der Waals surface area contributed by atoms with Crippen molar-refractivity contribution >= 4 is 27.7 Å². The van der Waals surface area contributed by atoms with E-state index in [1.54, 1.807) is 12.3 Å². The van der Waals surface area contributed by atoms with Crippen LogP contribution in [-0.4, -0.2) is 37.2 Å². The molecule has 1 rings (SSSR count). The molecule has 1 amide bonds. The maximum Gasteiger partial charge on any atom is 0.255 e. The molecule has 2 N–H and O–H groups in total. The third kappa shape index (κ3) is 5.88. The Balaban J connectivity index is 2.47. The topological polar surface area (TPSA) is 63.2 Å². The van der Waals surface area contributed by atoms with Crippen LogP contribution in [0.5, 0.6) is 0 Å². The van der Waals surface area contributed by atoms with E-state index in [0.717, 1.165) is 30.5 Å². The van der Waals surface area contributed by atoms with E-state index in [2.05, 4.69) is 38.5 Å². The number of halogens is 1. The van der Waals surface area contributed by atoms with Gasteiger partial charge in [-0.3, -0.25) is 4.79 Å².